The summed E-state index contributed by atoms with van der Waals surface area (Å²) in [6.07, 6.45) is 0. The van der Waals surface area contributed by atoms with Crippen LogP contribution in [0.3, 0.4) is 0 Å². The Bertz CT molecular complexity index is 1740. The van der Waals surface area contributed by atoms with Gasteiger partial charge in [0.2, 0.25) is 11.8 Å². The number of fused-ring (bicyclic) bond motifs is 8. The molecule has 7 nitrogen and oxygen atoms in total. The molecule has 1 spiro atoms. The molecule has 2 amide bonds. The van der Waals surface area contributed by atoms with Gasteiger partial charge >= 0.3 is 0 Å². The summed E-state index contributed by atoms with van der Waals surface area (Å²) in [6, 6.07) is 20.5. The molecule has 1 N–H and O–H groups in total. The number of anilines is 1. The number of aryl methyl sites for hydroxylation is 2. The molecule has 4 heterocycles. The van der Waals surface area contributed by atoms with E-state index < -0.39 is 17.4 Å². The van der Waals surface area contributed by atoms with Crippen molar-refractivity contribution in [2.45, 2.75) is 39.3 Å². The van der Waals surface area contributed by atoms with Gasteiger partial charge in [0.1, 0.15) is 11.4 Å². The van der Waals surface area contributed by atoms with E-state index >= 15 is 0 Å². The number of hydrogen-bond donors (Lipinski definition) is 1. The maximum atomic E-state index is 14.5. The normalized spacial score (nSPS) is 25.5. The number of hydrogen-bond acceptors (Lipinski definition) is 5. The molecule has 3 aromatic carbocycles. The molecule has 4 aromatic rings. The molecule has 3 aliphatic heterocycles. The number of rotatable bonds is 2. The van der Waals surface area contributed by atoms with Crippen LogP contribution in [0.25, 0.3) is 16.6 Å². The van der Waals surface area contributed by atoms with E-state index in [1.54, 1.807) is 10.6 Å². The van der Waals surface area contributed by atoms with Crippen LogP contribution < -0.4 is 15.8 Å². The molecule has 1 aromatic heterocycles. The van der Waals surface area contributed by atoms with E-state index in [1.807, 2.05) is 74.5 Å². The monoisotopic (exact) mass is 504 g/mol. The second-order valence-corrected chi connectivity index (χ2v) is 11.1. The molecule has 0 saturated carbocycles. The highest BCUT2D eigenvalue weighted by molar-refractivity contribution is 6.24. The van der Waals surface area contributed by atoms with Crippen LogP contribution in [0.15, 0.2) is 71.5 Å². The van der Waals surface area contributed by atoms with Gasteiger partial charge in [-0.3, -0.25) is 24.3 Å². The van der Waals surface area contributed by atoms with Gasteiger partial charge in [-0.15, -0.1) is 0 Å². The minimum absolute atomic E-state index is 0.0601. The van der Waals surface area contributed by atoms with E-state index in [0.29, 0.717) is 28.1 Å². The third-order valence-corrected chi connectivity index (χ3v) is 8.68. The van der Waals surface area contributed by atoms with Crippen molar-refractivity contribution in [3.05, 3.63) is 99.6 Å². The first-order valence-corrected chi connectivity index (χ1v) is 13.1. The highest BCUT2D eigenvalue weighted by Gasteiger charge is 2.70. The average Bonchev–Trinajstić information content (AvgIpc) is 3.49. The number of carbonyl (C=O) groups excluding carboxylic acids is 2. The minimum Gasteiger partial charge on any atom is -0.296 e. The van der Waals surface area contributed by atoms with Gasteiger partial charge in [0.05, 0.1) is 34.1 Å². The van der Waals surface area contributed by atoms with Gasteiger partial charge in [0.15, 0.2) is 0 Å². The maximum absolute atomic E-state index is 14.5. The fourth-order valence-corrected chi connectivity index (χ4v) is 7.10. The Kier molecular flexibility index (Phi) is 4.68. The lowest BCUT2D eigenvalue weighted by Crippen LogP contribution is -2.51. The van der Waals surface area contributed by atoms with Crippen LogP contribution >= 0.6 is 0 Å². The molecule has 4 atom stereocenters. The van der Waals surface area contributed by atoms with Crippen molar-refractivity contribution in [2.75, 3.05) is 4.90 Å². The molecule has 2 saturated heterocycles. The fraction of sp³-hybridized carbons (Fsp3) is 0.290. The van der Waals surface area contributed by atoms with Crippen LogP contribution in [0.5, 0.6) is 0 Å². The molecule has 0 aliphatic carbocycles. The molecule has 3 aliphatic rings. The lowest BCUT2D eigenvalue weighted by molar-refractivity contribution is -0.123. The molecule has 2 fully saturated rings. The maximum Gasteiger partial charge on any atom is 0.266 e. The largest absolute Gasteiger partial charge is 0.296 e. The van der Waals surface area contributed by atoms with Crippen molar-refractivity contribution in [3.63, 3.8) is 0 Å². The Morgan fingerprint density at radius 1 is 0.868 bits per heavy atom. The Labute approximate surface area is 220 Å². The van der Waals surface area contributed by atoms with Gasteiger partial charge in [-0.25, -0.2) is 9.88 Å². The third-order valence-electron chi connectivity index (χ3n) is 8.68. The van der Waals surface area contributed by atoms with Crippen molar-refractivity contribution in [1.29, 1.82) is 0 Å². The Morgan fingerprint density at radius 2 is 1.55 bits per heavy atom. The molecule has 0 bridgehead atoms. The average molecular weight is 505 g/mol. The van der Waals surface area contributed by atoms with Crippen LogP contribution in [0, 0.1) is 31.6 Å². The lowest BCUT2D eigenvalue weighted by atomic mass is 9.75. The van der Waals surface area contributed by atoms with E-state index in [4.69, 9.17) is 4.98 Å². The molecule has 190 valence electrons. The molecule has 0 unspecified atom stereocenters. The van der Waals surface area contributed by atoms with Crippen molar-refractivity contribution < 1.29 is 9.59 Å². The molecule has 0 radical (unpaired) electrons. The SMILES string of the molecule is Cc1cccc(C)c1N1C(=O)[C@@H]2[C@@H](C(C)C)N[C@]3(c4ccccc4-n4c3nc3ccccc3c4=O)[C@H]2C1=O. The standard InChI is InChI=1S/C31H28N4O3/c1-16(2)25-23-24(29(38)35(28(23)37)26-17(3)10-9-11-18(26)4)31(33-25)20-13-6-8-15-22(20)34-27(36)19-12-5-7-14-21(19)32-30(31)34/h5-16,23-25,33H,1-4H3/t23-,24+,25+,31+/m0/s1. The number of nitrogens with zero attached hydrogens (tertiary/aromatic N) is 3. The van der Waals surface area contributed by atoms with E-state index in [-0.39, 0.29) is 29.3 Å². The van der Waals surface area contributed by atoms with Gasteiger partial charge in [0, 0.05) is 11.6 Å². The molecular formula is C31H28N4O3. The number of amides is 2. The van der Waals surface area contributed by atoms with Gasteiger partial charge < -0.3 is 0 Å². The molecule has 7 heteroatoms. The second kappa shape index (κ2) is 7.71. The summed E-state index contributed by atoms with van der Waals surface area (Å²) in [7, 11) is 0. The van der Waals surface area contributed by atoms with Gasteiger partial charge in [-0.1, -0.05) is 62.4 Å². The first-order chi connectivity index (χ1) is 18.3. The second-order valence-electron chi connectivity index (χ2n) is 11.1. The molecule has 38 heavy (non-hydrogen) atoms. The summed E-state index contributed by atoms with van der Waals surface area (Å²) in [5, 5.41) is 4.26. The first kappa shape index (κ1) is 23.0. The summed E-state index contributed by atoms with van der Waals surface area (Å²) in [6.45, 7) is 7.99. The zero-order chi connectivity index (χ0) is 26.5. The number of benzene rings is 3. The zero-order valence-corrected chi connectivity index (χ0v) is 21.7. The Balaban J connectivity index is 1.55. The summed E-state index contributed by atoms with van der Waals surface area (Å²) < 4.78 is 1.64. The van der Waals surface area contributed by atoms with Crippen molar-refractivity contribution in [3.8, 4) is 5.69 Å². The topological polar surface area (TPSA) is 84.3 Å². The predicted molar refractivity (Wildman–Crippen MR) is 145 cm³/mol. The highest BCUT2D eigenvalue weighted by Crippen LogP contribution is 2.56. The molecular weight excluding hydrogens is 476 g/mol. The van der Waals surface area contributed by atoms with Gasteiger partial charge in [-0.05, 0) is 49.1 Å². The molecule has 7 rings (SSSR count). The smallest absolute Gasteiger partial charge is 0.266 e. The zero-order valence-electron chi connectivity index (χ0n) is 21.7. The van der Waals surface area contributed by atoms with E-state index in [9.17, 15) is 14.4 Å². The van der Waals surface area contributed by atoms with Crippen LogP contribution in [0.1, 0.15) is 36.4 Å². The van der Waals surface area contributed by atoms with Gasteiger partial charge in [0.25, 0.3) is 5.56 Å². The van der Waals surface area contributed by atoms with Crippen LogP contribution in [0.2, 0.25) is 0 Å². The number of carbonyl (C=O) groups is 2. The summed E-state index contributed by atoms with van der Waals surface area (Å²) in [5.74, 6) is -1.25. The summed E-state index contributed by atoms with van der Waals surface area (Å²) >= 11 is 0. The van der Waals surface area contributed by atoms with E-state index in [2.05, 4.69) is 19.2 Å². The van der Waals surface area contributed by atoms with E-state index in [0.717, 1.165) is 16.7 Å². The quantitative estimate of drug-likeness (QED) is 0.418. The highest BCUT2D eigenvalue weighted by atomic mass is 16.2. The van der Waals surface area contributed by atoms with Gasteiger partial charge in [-0.2, -0.15) is 0 Å². The minimum atomic E-state index is -1.11. The Morgan fingerprint density at radius 3 is 2.29 bits per heavy atom. The number of nitrogens with one attached hydrogen (secondary N) is 1. The first-order valence-electron chi connectivity index (χ1n) is 13.1. The van der Waals surface area contributed by atoms with Crippen molar-refractivity contribution >= 4 is 28.4 Å². The lowest BCUT2D eigenvalue weighted by Gasteiger charge is -2.32. The summed E-state index contributed by atoms with van der Waals surface area (Å²) in [4.78, 5) is 49.1. The van der Waals surface area contributed by atoms with Crippen molar-refractivity contribution in [2.24, 2.45) is 17.8 Å². The van der Waals surface area contributed by atoms with Crippen LogP contribution in [0.4, 0.5) is 5.69 Å². The third kappa shape index (κ3) is 2.67. The summed E-state index contributed by atoms with van der Waals surface area (Å²) in [5.41, 5.74) is 3.21. The number of para-hydroxylation sites is 3. The fourth-order valence-electron chi connectivity index (χ4n) is 7.10. The Hall–Kier alpha value is -4.10. The predicted octanol–water partition coefficient (Wildman–Crippen LogP) is 3.99. The van der Waals surface area contributed by atoms with Crippen molar-refractivity contribution in [1.82, 2.24) is 14.9 Å². The van der Waals surface area contributed by atoms with Crippen LogP contribution in [-0.2, 0) is 15.1 Å². The van der Waals surface area contributed by atoms with E-state index in [1.165, 1.54) is 4.90 Å². The van der Waals surface area contributed by atoms with Crippen LogP contribution in [-0.4, -0.2) is 27.4 Å². The number of imide groups is 1. The number of aromatic nitrogens is 2.